The predicted octanol–water partition coefficient (Wildman–Crippen LogP) is 4.17. The summed E-state index contributed by atoms with van der Waals surface area (Å²) in [6.45, 7) is 1.23. The van der Waals surface area contributed by atoms with Gasteiger partial charge in [0, 0.05) is 30.6 Å². The van der Waals surface area contributed by atoms with E-state index < -0.39 is 10.7 Å². The molecule has 1 aromatic heterocycles. The van der Waals surface area contributed by atoms with Crippen molar-refractivity contribution in [3.63, 3.8) is 0 Å². The summed E-state index contributed by atoms with van der Waals surface area (Å²) in [6.07, 6.45) is 1.49. The van der Waals surface area contributed by atoms with Gasteiger partial charge in [0.1, 0.15) is 0 Å². The van der Waals surface area contributed by atoms with Crippen molar-refractivity contribution in [1.82, 2.24) is 10.1 Å². The third-order valence-electron chi connectivity index (χ3n) is 4.80. The van der Waals surface area contributed by atoms with E-state index in [0.29, 0.717) is 30.5 Å². The largest absolute Gasteiger partial charge is 0.369 e. The van der Waals surface area contributed by atoms with E-state index >= 15 is 0 Å². The summed E-state index contributed by atoms with van der Waals surface area (Å²) >= 11 is 0. The number of halogens is 1. The average molecular weight is 368 g/mol. The average Bonchev–Trinajstić information content (AvgIpc) is 3.19. The molecule has 1 aliphatic heterocycles. The second-order valence-electron chi connectivity index (χ2n) is 6.48. The topological polar surface area (TPSA) is 85.3 Å². The number of hydrogen-bond acceptors (Lipinski definition) is 6. The number of non-ortho nitro benzene ring substituents is 1. The van der Waals surface area contributed by atoms with Gasteiger partial charge in [0.25, 0.3) is 5.69 Å². The Balaban J connectivity index is 1.44. The molecule has 4 rings (SSSR count). The highest BCUT2D eigenvalue weighted by Crippen LogP contribution is 2.32. The molecule has 0 N–H and O–H groups in total. The number of nitro groups is 1. The Kier molecular flexibility index (Phi) is 4.53. The molecule has 0 aliphatic carbocycles. The molecular weight excluding hydrogens is 351 g/mol. The van der Waals surface area contributed by atoms with Crippen LogP contribution in [0.5, 0.6) is 0 Å². The Labute approximate surface area is 154 Å². The molecule has 0 amide bonds. The number of hydrogen-bond donors (Lipinski definition) is 0. The van der Waals surface area contributed by atoms with E-state index in [1.54, 1.807) is 0 Å². The highest BCUT2D eigenvalue weighted by molar-refractivity contribution is 5.54. The first-order valence-electron chi connectivity index (χ1n) is 8.70. The third-order valence-corrected chi connectivity index (χ3v) is 4.80. The highest BCUT2D eigenvalue weighted by atomic mass is 19.1. The minimum absolute atomic E-state index is 0.118. The van der Waals surface area contributed by atoms with E-state index in [9.17, 15) is 14.5 Å². The van der Waals surface area contributed by atoms with E-state index in [1.807, 2.05) is 35.2 Å². The van der Waals surface area contributed by atoms with Gasteiger partial charge in [-0.25, -0.2) is 4.39 Å². The second-order valence-corrected chi connectivity index (χ2v) is 6.48. The Hall–Kier alpha value is -3.29. The van der Waals surface area contributed by atoms with Crippen molar-refractivity contribution >= 4 is 11.4 Å². The van der Waals surface area contributed by atoms with E-state index in [1.165, 1.54) is 12.1 Å². The molecule has 8 heteroatoms. The quantitative estimate of drug-likeness (QED) is 0.508. The third kappa shape index (κ3) is 3.51. The minimum Gasteiger partial charge on any atom is -0.369 e. The molecule has 2 heterocycles. The van der Waals surface area contributed by atoms with Gasteiger partial charge < -0.3 is 9.42 Å². The number of piperidine rings is 1. The van der Waals surface area contributed by atoms with Gasteiger partial charge in [-0.05, 0) is 18.9 Å². The molecule has 1 saturated heterocycles. The van der Waals surface area contributed by atoms with Gasteiger partial charge >= 0.3 is 0 Å². The molecule has 7 nitrogen and oxygen atoms in total. The van der Waals surface area contributed by atoms with Gasteiger partial charge in [-0.3, -0.25) is 10.1 Å². The lowest BCUT2D eigenvalue weighted by molar-refractivity contribution is -0.385. The maximum absolute atomic E-state index is 14.2. The summed E-state index contributed by atoms with van der Waals surface area (Å²) in [7, 11) is 0. The Bertz CT molecular complexity index is 953. The van der Waals surface area contributed by atoms with Crippen LogP contribution in [0.4, 0.5) is 15.8 Å². The fraction of sp³-hybridized carbons (Fsp3) is 0.263. The lowest BCUT2D eigenvalue weighted by Gasteiger charge is -2.32. The number of benzene rings is 2. The first-order valence-corrected chi connectivity index (χ1v) is 8.70. The van der Waals surface area contributed by atoms with E-state index in [-0.39, 0.29) is 11.6 Å². The van der Waals surface area contributed by atoms with Gasteiger partial charge in [-0.1, -0.05) is 35.5 Å². The van der Waals surface area contributed by atoms with Crippen molar-refractivity contribution in [2.24, 2.45) is 0 Å². The Morgan fingerprint density at radius 1 is 1.15 bits per heavy atom. The normalized spacial score (nSPS) is 15.1. The SMILES string of the molecule is O=[N+]([O-])c1ccc(N2CCC(c3nc(-c4ccccc4)no3)CC2)c(F)c1. The number of nitro benzene ring substituents is 1. The van der Waals surface area contributed by atoms with Crippen LogP contribution in [-0.4, -0.2) is 28.2 Å². The number of aromatic nitrogens is 2. The summed E-state index contributed by atoms with van der Waals surface area (Å²) < 4.78 is 19.7. The monoisotopic (exact) mass is 368 g/mol. The molecule has 3 aromatic rings. The maximum atomic E-state index is 14.2. The molecule has 0 saturated carbocycles. The van der Waals surface area contributed by atoms with Crippen LogP contribution in [0.1, 0.15) is 24.7 Å². The number of nitrogens with zero attached hydrogens (tertiary/aromatic N) is 4. The van der Waals surface area contributed by atoms with Gasteiger partial charge in [0.2, 0.25) is 11.7 Å². The molecule has 0 radical (unpaired) electrons. The van der Waals surface area contributed by atoms with Crippen LogP contribution >= 0.6 is 0 Å². The molecule has 0 spiro atoms. The first-order chi connectivity index (χ1) is 13.1. The Morgan fingerprint density at radius 2 is 1.89 bits per heavy atom. The molecule has 0 unspecified atom stereocenters. The van der Waals surface area contributed by atoms with Crippen molar-refractivity contribution in [2.75, 3.05) is 18.0 Å². The van der Waals surface area contributed by atoms with Crippen LogP contribution in [0.2, 0.25) is 0 Å². The molecule has 0 atom stereocenters. The zero-order valence-corrected chi connectivity index (χ0v) is 14.4. The van der Waals surface area contributed by atoms with Crippen molar-refractivity contribution in [3.05, 3.63) is 70.4 Å². The predicted molar refractivity (Wildman–Crippen MR) is 97.0 cm³/mol. The van der Waals surface area contributed by atoms with Gasteiger partial charge in [-0.15, -0.1) is 0 Å². The Morgan fingerprint density at radius 3 is 2.56 bits per heavy atom. The van der Waals surface area contributed by atoms with Crippen LogP contribution < -0.4 is 4.90 Å². The zero-order chi connectivity index (χ0) is 18.8. The molecule has 0 bridgehead atoms. The van der Waals surface area contributed by atoms with Crippen LogP contribution in [0.3, 0.4) is 0 Å². The molecule has 1 fully saturated rings. The van der Waals surface area contributed by atoms with Crippen molar-refractivity contribution in [1.29, 1.82) is 0 Å². The molecule has 27 heavy (non-hydrogen) atoms. The van der Waals surface area contributed by atoms with E-state index in [2.05, 4.69) is 10.1 Å². The maximum Gasteiger partial charge on any atom is 0.272 e. The molecule has 138 valence electrons. The molecular formula is C19H17FN4O3. The van der Waals surface area contributed by atoms with Gasteiger partial charge in [0.15, 0.2) is 5.82 Å². The van der Waals surface area contributed by atoms with Crippen LogP contribution in [0.15, 0.2) is 53.1 Å². The van der Waals surface area contributed by atoms with Crippen molar-refractivity contribution in [2.45, 2.75) is 18.8 Å². The highest BCUT2D eigenvalue weighted by Gasteiger charge is 2.27. The van der Waals surface area contributed by atoms with Gasteiger partial charge in [-0.2, -0.15) is 4.98 Å². The summed E-state index contributed by atoms with van der Waals surface area (Å²) in [5, 5.41) is 14.8. The number of anilines is 1. The van der Waals surface area contributed by atoms with Crippen LogP contribution in [0.25, 0.3) is 11.4 Å². The van der Waals surface area contributed by atoms with Crippen molar-refractivity contribution < 1.29 is 13.8 Å². The van der Waals surface area contributed by atoms with Crippen molar-refractivity contribution in [3.8, 4) is 11.4 Å². The lowest BCUT2D eigenvalue weighted by Crippen LogP contribution is -2.33. The lowest BCUT2D eigenvalue weighted by atomic mass is 9.96. The van der Waals surface area contributed by atoms with E-state index in [4.69, 9.17) is 4.52 Å². The smallest absolute Gasteiger partial charge is 0.272 e. The number of rotatable bonds is 4. The standard InChI is InChI=1S/C19H17FN4O3/c20-16-12-15(24(25)26)6-7-17(16)23-10-8-14(9-11-23)19-21-18(22-27-19)13-4-2-1-3-5-13/h1-7,12,14H,8-11H2. The molecule has 1 aliphatic rings. The minimum atomic E-state index is -0.598. The van der Waals surface area contributed by atoms with Gasteiger partial charge in [0.05, 0.1) is 16.7 Å². The second kappa shape index (κ2) is 7.14. The summed E-state index contributed by atoms with van der Waals surface area (Å²) in [5.41, 5.74) is 1.04. The van der Waals surface area contributed by atoms with Crippen LogP contribution in [0, 0.1) is 15.9 Å². The van der Waals surface area contributed by atoms with Crippen LogP contribution in [-0.2, 0) is 0 Å². The fourth-order valence-corrected chi connectivity index (χ4v) is 3.34. The summed E-state index contributed by atoms with van der Waals surface area (Å²) in [5.74, 6) is 0.700. The summed E-state index contributed by atoms with van der Waals surface area (Å²) in [6, 6.07) is 13.4. The summed E-state index contributed by atoms with van der Waals surface area (Å²) in [4.78, 5) is 16.5. The fourth-order valence-electron chi connectivity index (χ4n) is 3.34. The molecule has 2 aromatic carbocycles. The first kappa shape index (κ1) is 17.1. The zero-order valence-electron chi connectivity index (χ0n) is 14.4. The van der Waals surface area contributed by atoms with E-state index in [0.717, 1.165) is 24.5 Å².